The highest BCUT2D eigenvalue weighted by molar-refractivity contribution is 6.46. The molecule has 0 saturated heterocycles. The molecule has 0 spiro atoms. The van der Waals surface area contributed by atoms with Crippen LogP contribution in [0, 0.1) is 11.3 Å². The van der Waals surface area contributed by atoms with Crippen molar-refractivity contribution in [1.82, 2.24) is 14.9 Å². The van der Waals surface area contributed by atoms with Crippen LogP contribution in [0.15, 0.2) is 24.3 Å². The number of aliphatic carboxylic acids is 1. The van der Waals surface area contributed by atoms with Crippen LogP contribution in [0.25, 0.3) is 16.6 Å². The number of nitriles is 1. The number of rotatable bonds is 5. The lowest BCUT2D eigenvalue weighted by atomic mass is 10.1. The van der Waals surface area contributed by atoms with E-state index in [4.69, 9.17) is 33.0 Å². The first-order valence-electron chi connectivity index (χ1n) is 7.97. The van der Waals surface area contributed by atoms with Gasteiger partial charge in [0.1, 0.15) is 23.5 Å². The van der Waals surface area contributed by atoms with Gasteiger partial charge in [0, 0.05) is 5.69 Å². The van der Waals surface area contributed by atoms with Crippen LogP contribution >= 0.6 is 23.2 Å². The van der Waals surface area contributed by atoms with Gasteiger partial charge in [-0.2, -0.15) is 5.26 Å². The summed E-state index contributed by atoms with van der Waals surface area (Å²) in [7, 11) is 1.51. The number of ether oxygens (including phenoxy) is 1. The fourth-order valence-corrected chi connectivity index (χ4v) is 3.28. The Kier molecular flexibility index (Phi) is 5.50. The Morgan fingerprint density at radius 2 is 1.97 bits per heavy atom. The number of benzene rings is 1. The second-order valence-corrected chi connectivity index (χ2v) is 6.44. The van der Waals surface area contributed by atoms with Crippen LogP contribution in [0.3, 0.4) is 0 Å². The summed E-state index contributed by atoms with van der Waals surface area (Å²) >= 11 is 12.6. The van der Waals surface area contributed by atoms with Gasteiger partial charge in [-0.15, -0.1) is 0 Å². The zero-order chi connectivity index (χ0) is 21.3. The molecule has 0 fully saturated rings. The van der Waals surface area contributed by atoms with Crippen LogP contribution in [0.5, 0.6) is 11.5 Å². The van der Waals surface area contributed by atoms with E-state index in [1.54, 1.807) is 24.3 Å². The molecule has 0 aliphatic heterocycles. The van der Waals surface area contributed by atoms with E-state index < -0.39 is 29.9 Å². The lowest BCUT2D eigenvalue weighted by Gasteiger charge is -2.10. The third-order valence-electron chi connectivity index (χ3n) is 4.02. The van der Waals surface area contributed by atoms with Crippen molar-refractivity contribution in [1.29, 1.82) is 5.26 Å². The number of carbonyl (C=O) groups excluding carboxylic acids is 1. The Morgan fingerprint density at radius 3 is 2.52 bits per heavy atom. The minimum absolute atomic E-state index is 0.0106. The van der Waals surface area contributed by atoms with E-state index >= 15 is 0 Å². The summed E-state index contributed by atoms with van der Waals surface area (Å²) in [6.45, 7) is -0.693. The van der Waals surface area contributed by atoms with Crippen LogP contribution in [0.4, 0.5) is 0 Å². The molecule has 148 valence electrons. The molecule has 29 heavy (non-hydrogen) atoms. The number of hydrogen-bond donors (Lipinski definition) is 3. The number of amides is 1. The van der Waals surface area contributed by atoms with E-state index in [2.05, 4.69) is 10.3 Å². The van der Waals surface area contributed by atoms with Gasteiger partial charge in [-0.3, -0.25) is 14.2 Å². The van der Waals surface area contributed by atoms with Crippen molar-refractivity contribution >= 4 is 46.0 Å². The normalized spacial score (nSPS) is 10.6. The van der Waals surface area contributed by atoms with Gasteiger partial charge < -0.3 is 20.3 Å². The number of hydrogen-bond acceptors (Lipinski definition) is 6. The summed E-state index contributed by atoms with van der Waals surface area (Å²) in [6.07, 6.45) is 0. The number of pyridine rings is 1. The van der Waals surface area contributed by atoms with Crippen molar-refractivity contribution in [3.05, 3.63) is 45.8 Å². The first-order valence-corrected chi connectivity index (χ1v) is 8.72. The predicted octanol–water partition coefficient (Wildman–Crippen LogP) is 2.73. The molecule has 0 aliphatic carbocycles. The molecule has 3 rings (SSSR count). The van der Waals surface area contributed by atoms with Gasteiger partial charge >= 0.3 is 5.97 Å². The minimum atomic E-state index is -1.29. The third kappa shape index (κ3) is 3.51. The van der Waals surface area contributed by atoms with Crippen LogP contribution in [0.2, 0.25) is 10.2 Å². The third-order valence-corrected chi connectivity index (χ3v) is 4.84. The summed E-state index contributed by atoms with van der Waals surface area (Å²) in [6, 6.07) is 8.50. The Hall–Kier alpha value is -3.48. The molecular weight excluding hydrogens is 423 g/mol. The van der Waals surface area contributed by atoms with E-state index in [1.807, 2.05) is 6.07 Å². The highest BCUT2D eigenvalue weighted by Gasteiger charge is 2.27. The number of aromatic nitrogens is 2. The van der Waals surface area contributed by atoms with Gasteiger partial charge in [-0.25, -0.2) is 4.98 Å². The predicted molar refractivity (Wildman–Crippen MR) is 104 cm³/mol. The number of methoxy groups -OCH3 is 1. The molecule has 0 radical (unpaired) electrons. The smallest absolute Gasteiger partial charge is 0.322 e. The topological polar surface area (TPSA) is 137 Å². The van der Waals surface area contributed by atoms with Crippen molar-refractivity contribution in [3.63, 3.8) is 0 Å². The van der Waals surface area contributed by atoms with Crippen LogP contribution in [-0.2, 0) is 4.79 Å². The average Bonchev–Trinajstić information content (AvgIpc) is 2.98. The Bertz CT molecular complexity index is 1180. The quantitative estimate of drug-likeness (QED) is 0.560. The Labute approximate surface area is 173 Å². The number of nitrogens with zero attached hydrogens (tertiary/aromatic N) is 3. The van der Waals surface area contributed by atoms with Crippen LogP contribution < -0.4 is 10.1 Å². The molecule has 2 aromatic heterocycles. The van der Waals surface area contributed by atoms with Gasteiger partial charge in [0.15, 0.2) is 17.1 Å². The lowest BCUT2D eigenvalue weighted by Crippen LogP contribution is -2.30. The molecule has 0 saturated carbocycles. The van der Waals surface area contributed by atoms with Crippen molar-refractivity contribution < 1.29 is 24.5 Å². The molecular formula is C18H12Cl2N4O5. The first-order chi connectivity index (χ1) is 13.8. The number of carbonyl (C=O) groups is 2. The maximum Gasteiger partial charge on any atom is 0.322 e. The molecule has 3 aromatic rings. The Balaban J connectivity index is 2.27. The second kappa shape index (κ2) is 7.87. The number of aromatic hydroxyl groups is 1. The molecule has 0 aliphatic rings. The summed E-state index contributed by atoms with van der Waals surface area (Å²) in [5.41, 5.74) is -0.169. The second-order valence-electron chi connectivity index (χ2n) is 5.71. The maximum absolute atomic E-state index is 12.2. The summed E-state index contributed by atoms with van der Waals surface area (Å²) in [5, 5.41) is 30.8. The molecule has 9 nitrogen and oxygen atoms in total. The molecule has 1 aromatic carbocycles. The lowest BCUT2D eigenvalue weighted by molar-refractivity contribution is -0.135. The number of carboxylic acids is 1. The molecule has 1 amide bonds. The molecule has 2 heterocycles. The van der Waals surface area contributed by atoms with Gasteiger partial charge in [0.25, 0.3) is 5.91 Å². The van der Waals surface area contributed by atoms with E-state index in [0.717, 1.165) is 0 Å². The highest BCUT2D eigenvalue weighted by Crippen LogP contribution is 2.43. The van der Waals surface area contributed by atoms with Gasteiger partial charge in [0.05, 0.1) is 23.0 Å². The minimum Gasteiger partial charge on any atom is -0.505 e. The summed E-state index contributed by atoms with van der Waals surface area (Å²) < 4.78 is 6.52. The zero-order valence-electron chi connectivity index (χ0n) is 14.7. The standard InChI is InChI=1S/C18H12Cl2N4O5/c1-29-9-4-2-8(3-5-9)24-15-10(6-21)23-14(18(28)22-7-11(25)26)16(27)12(15)13(19)17(24)20/h2-5,27H,7H2,1H3,(H,22,28)(H,25,26). The Morgan fingerprint density at radius 1 is 1.31 bits per heavy atom. The number of halogens is 2. The fourth-order valence-electron chi connectivity index (χ4n) is 2.74. The molecule has 3 N–H and O–H groups in total. The number of nitrogens with one attached hydrogen (secondary N) is 1. The van der Waals surface area contributed by atoms with Crippen molar-refractivity contribution in [2.45, 2.75) is 0 Å². The van der Waals surface area contributed by atoms with E-state index in [-0.39, 0.29) is 26.8 Å². The molecule has 11 heteroatoms. The first kappa shape index (κ1) is 20.3. The van der Waals surface area contributed by atoms with Crippen LogP contribution in [-0.4, -0.2) is 45.3 Å². The largest absolute Gasteiger partial charge is 0.505 e. The molecule has 0 unspecified atom stereocenters. The summed E-state index contributed by atoms with van der Waals surface area (Å²) in [5.74, 6) is -2.30. The fraction of sp³-hybridized carbons (Fsp3) is 0.111. The molecule has 0 atom stereocenters. The number of carboxylic acid groups (broad SMARTS) is 1. The van der Waals surface area contributed by atoms with Crippen molar-refractivity contribution in [2.75, 3.05) is 13.7 Å². The number of fused-ring (bicyclic) bond motifs is 1. The van der Waals surface area contributed by atoms with Gasteiger partial charge in [-0.1, -0.05) is 23.2 Å². The van der Waals surface area contributed by atoms with E-state index in [1.165, 1.54) is 11.7 Å². The average molecular weight is 435 g/mol. The van der Waals surface area contributed by atoms with Crippen molar-refractivity contribution in [2.24, 2.45) is 0 Å². The maximum atomic E-state index is 12.2. The van der Waals surface area contributed by atoms with E-state index in [0.29, 0.717) is 11.4 Å². The monoisotopic (exact) mass is 434 g/mol. The highest BCUT2D eigenvalue weighted by atomic mass is 35.5. The van der Waals surface area contributed by atoms with Gasteiger partial charge in [-0.05, 0) is 24.3 Å². The van der Waals surface area contributed by atoms with Crippen molar-refractivity contribution in [3.8, 4) is 23.3 Å². The van der Waals surface area contributed by atoms with Gasteiger partial charge in [0.2, 0.25) is 0 Å². The zero-order valence-corrected chi connectivity index (χ0v) is 16.2. The van der Waals surface area contributed by atoms with Crippen LogP contribution in [0.1, 0.15) is 16.2 Å². The summed E-state index contributed by atoms with van der Waals surface area (Å²) in [4.78, 5) is 26.8. The SMILES string of the molecule is COc1ccc(-n2c(Cl)c(Cl)c3c(O)c(C(=O)NCC(=O)O)nc(C#N)c32)cc1. The van der Waals surface area contributed by atoms with E-state index in [9.17, 15) is 20.0 Å². The molecule has 0 bridgehead atoms.